The van der Waals surface area contributed by atoms with Crippen LogP contribution in [0.4, 0.5) is 4.79 Å². The van der Waals surface area contributed by atoms with E-state index in [1.807, 2.05) is 13.8 Å². The number of hydrogen-bond donors (Lipinski definition) is 1. The summed E-state index contributed by atoms with van der Waals surface area (Å²) in [5.41, 5.74) is 0. The lowest BCUT2D eigenvalue weighted by Gasteiger charge is -2.42. The third-order valence-corrected chi connectivity index (χ3v) is 7.38. The Morgan fingerprint density at radius 2 is 1.48 bits per heavy atom. The fourth-order valence-corrected chi connectivity index (χ4v) is 5.05. The minimum atomic E-state index is -3.51. The summed E-state index contributed by atoms with van der Waals surface area (Å²) in [7, 11) is -3.51. The van der Waals surface area contributed by atoms with Crippen molar-refractivity contribution >= 4 is 21.8 Å². The predicted molar refractivity (Wildman–Crippen MR) is 96.1 cm³/mol. The number of carbonyl (C=O) groups excluding carboxylic acids is 2. The van der Waals surface area contributed by atoms with E-state index in [2.05, 4.69) is 5.32 Å². The Morgan fingerprint density at radius 3 is 1.92 bits per heavy atom. The standard InChI is InChI=1S/C16H30N4O4S/c1-4-18(5-2)15(22)20-12-10-19(11-13-20)14(21)16(25(3,23)24)6-8-17-9-7-16/h17H,4-13H2,1-3H3. The summed E-state index contributed by atoms with van der Waals surface area (Å²) in [6.45, 7) is 7.89. The Kier molecular flexibility index (Phi) is 6.31. The van der Waals surface area contributed by atoms with E-state index in [9.17, 15) is 18.0 Å². The van der Waals surface area contributed by atoms with Crippen molar-refractivity contribution in [3.63, 3.8) is 0 Å². The molecule has 2 saturated heterocycles. The van der Waals surface area contributed by atoms with E-state index in [1.165, 1.54) is 0 Å². The average molecular weight is 375 g/mol. The quantitative estimate of drug-likeness (QED) is 0.733. The van der Waals surface area contributed by atoms with E-state index in [1.54, 1.807) is 14.7 Å². The molecule has 1 N–H and O–H groups in total. The zero-order valence-corrected chi connectivity index (χ0v) is 16.3. The molecule has 0 atom stereocenters. The second kappa shape index (κ2) is 7.90. The van der Waals surface area contributed by atoms with Gasteiger partial charge in [0.05, 0.1) is 0 Å². The van der Waals surface area contributed by atoms with Crippen LogP contribution in [0.2, 0.25) is 0 Å². The van der Waals surface area contributed by atoms with E-state index in [0.717, 1.165) is 6.26 Å². The number of nitrogens with one attached hydrogen (secondary N) is 1. The number of piperazine rings is 1. The minimum Gasteiger partial charge on any atom is -0.338 e. The maximum absolute atomic E-state index is 13.0. The fraction of sp³-hybridized carbons (Fsp3) is 0.875. The SMILES string of the molecule is CCN(CC)C(=O)N1CCN(C(=O)C2(S(C)(=O)=O)CCNCC2)CC1. The molecular formula is C16H30N4O4S. The van der Waals surface area contributed by atoms with Crippen molar-refractivity contribution in [1.82, 2.24) is 20.0 Å². The van der Waals surface area contributed by atoms with Gasteiger partial charge in [-0.1, -0.05) is 0 Å². The Balaban J connectivity index is 2.06. The molecule has 2 aliphatic rings. The molecule has 0 saturated carbocycles. The Morgan fingerprint density at radius 1 is 1.00 bits per heavy atom. The van der Waals surface area contributed by atoms with Gasteiger partial charge >= 0.3 is 6.03 Å². The van der Waals surface area contributed by atoms with Crippen molar-refractivity contribution in [3.8, 4) is 0 Å². The Hall–Kier alpha value is -1.35. The maximum atomic E-state index is 13.0. The molecule has 25 heavy (non-hydrogen) atoms. The summed E-state index contributed by atoms with van der Waals surface area (Å²) < 4.78 is 23.5. The number of nitrogens with zero attached hydrogens (tertiary/aromatic N) is 3. The molecule has 0 aliphatic carbocycles. The molecule has 0 radical (unpaired) electrons. The summed E-state index contributed by atoms with van der Waals surface area (Å²) in [6, 6.07) is -0.0169. The summed E-state index contributed by atoms with van der Waals surface area (Å²) >= 11 is 0. The average Bonchev–Trinajstić information content (AvgIpc) is 2.62. The molecule has 0 bridgehead atoms. The molecule has 0 spiro atoms. The van der Waals surface area contributed by atoms with Gasteiger partial charge in [0, 0.05) is 45.5 Å². The smallest absolute Gasteiger partial charge is 0.320 e. The highest BCUT2D eigenvalue weighted by Gasteiger charge is 2.50. The van der Waals surface area contributed by atoms with E-state index in [0.29, 0.717) is 65.2 Å². The van der Waals surface area contributed by atoms with Gasteiger partial charge in [-0.25, -0.2) is 13.2 Å². The van der Waals surface area contributed by atoms with Crippen LogP contribution in [0.15, 0.2) is 0 Å². The highest BCUT2D eigenvalue weighted by atomic mass is 32.2. The van der Waals surface area contributed by atoms with Gasteiger partial charge in [-0.2, -0.15) is 0 Å². The molecule has 2 fully saturated rings. The summed E-state index contributed by atoms with van der Waals surface area (Å²) in [5, 5.41) is 3.12. The zero-order valence-electron chi connectivity index (χ0n) is 15.5. The van der Waals surface area contributed by atoms with Crippen molar-refractivity contribution in [2.24, 2.45) is 0 Å². The summed E-state index contributed by atoms with van der Waals surface area (Å²) in [5.74, 6) is -0.300. The van der Waals surface area contributed by atoms with Crippen molar-refractivity contribution < 1.29 is 18.0 Å². The summed E-state index contributed by atoms with van der Waals surface area (Å²) in [6.07, 6.45) is 1.78. The number of urea groups is 1. The molecule has 8 nitrogen and oxygen atoms in total. The lowest BCUT2D eigenvalue weighted by Crippen LogP contribution is -2.62. The van der Waals surface area contributed by atoms with Crippen LogP contribution in [0, 0.1) is 0 Å². The number of rotatable bonds is 4. The minimum absolute atomic E-state index is 0.0169. The van der Waals surface area contributed by atoms with Crippen LogP contribution in [-0.4, -0.2) is 98.4 Å². The first kappa shape index (κ1) is 20.0. The van der Waals surface area contributed by atoms with Crippen molar-refractivity contribution in [1.29, 1.82) is 0 Å². The van der Waals surface area contributed by atoms with Gasteiger partial charge in [-0.3, -0.25) is 4.79 Å². The normalized spacial score (nSPS) is 21.1. The topological polar surface area (TPSA) is 90.0 Å². The van der Waals surface area contributed by atoms with Crippen LogP contribution in [-0.2, 0) is 14.6 Å². The van der Waals surface area contributed by atoms with Gasteiger partial charge in [-0.05, 0) is 39.8 Å². The molecule has 9 heteroatoms. The second-order valence-electron chi connectivity index (χ2n) is 6.75. The molecule has 2 heterocycles. The molecule has 3 amide bonds. The van der Waals surface area contributed by atoms with Crippen LogP contribution in [0.25, 0.3) is 0 Å². The Bertz CT molecular complexity index is 589. The van der Waals surface area contributed by atoms with E-state index in [4.69, 9.17) is 0 Å². The first-order valence-corrected chi connectivity index (χ1v) is 10.9. The highest BCUT2D eigenvalue weighted by Crippen LogP contribution is 2.30. The third-order valence-electron chi connectivity index (χ3n) is 5.38. The van der Waals surface area contributed by atoms with Gasteiger partial charge < -0.3 is 20.0 Å². The van der Waals surface area contributed by atoms with Crippen molar-refractivity contribution in [2.45, 2.75) is 31.4 Å². The van der Waals surface area contributed by atoms with Crippen LogP contribution >= 0.6 is 0 Å². The van der Waals surface area contributed by atoms with Crippen LogP contribution < -0.4 is 5.32 Å². The van der Waals surface area contributed by atoms with Crippen molar-refractivity contribution in [2.75, 3.05) is 58.6 Å². The molecule has 2 aliphatic heterocycles. The first-order chi connectivity index (χ1) is 11.8. The lowest BCUT2D eigenvalue weighted by atomic mass is 9.95. The monoisotopic (exact) mass is 374 g/mol. The summed E-state index contributed by atoms with van der Waals surface area (Å²) in [4.78, 5) is 30.6. The van der Waals surface area contributed by atoms with E-state index >= 15 is 0 Å². The van der Waals surface area contributed by atoms with Gasteiger partial charge in [-0.15, -0.1) is 0 Å². The van der Waals surface area contributed by atoms with Gasteiger partial charge in [0.25, 0.3) is 0 Å². The molecule has 0 aromatic heterocycles. The predicted octanol–water partition coefficient (Wildman–Crippen LogP) is -0.241. The Labute approximate surface area is 150 Å². The molecule has 0 aromatic rings. The van der Waals surface area contributed by atoms with Gasteiger partial charge in [0.2, 0.25) is 5.91 Å². The second-order valence-corrected chi connectivity index (χ2v) is 9.08. The molecule has 144 valence electrons. The number of piperidine rings is 1. The fourth-order valence-electron chi connectivity index (χ4n) is 3.66. The molecule has 0 aromatic carbocycles. The zero-order chi connectivity index (χ0) is 18.7. The van der Waals surface area contributed by atoms with E-state index < -0.39 is 14.6 Å². The van der Waals surface area contributed by atoms with Crippen LogP contribution in [0.3, 0.4) is 0 Å². The van der Waals surface area contributed by atoms with Crippen LogP contribution in [0.1, 0.15) is 26.7 Å². The molecule has 0 unspecified atom stereocenters. The van der Waals surface area contributed by atoms with Gasteiger partial charge in [0.1, 0.15) is 0 Å². The van der Waals surface area contributed by atoms with Gasteiger partial charge in [0.15, 0.2) is 14.6 Å². The van der Waals surface area contributed by atoms with Crippen molar-refractivity contribution in [3.05, 3.63) is 0 Å². The number of carbonyl (C=O) groups is 2. The maximum Gasteiger partial charge on any atom is 0.320 e. The first-order valence-electron chi connectivity index (χ1n) is 9.00. The number of hydrogen-bond acceptors (Lipinski definition) is 5. The van der Waals surface area contributed by atoms with Crippen LogP contribution in [0.5, 0.6) is 0 Å². The van der Waals surface area contributed by atoms with E-state index in [-0.39, 0.29) is 11.9 Å². The third kappa shape index (κ3) is 3.92. The molecule has 2 rings (SSSR count). The number of sulfone groups is 1. The highest BCUT2D eigenvalue weighted by molar-refractivity contribution is 7.92. The number of amides is 3. The molecular weight excluding hydrogens is 344 g/mol. The lowest BCUT2D eigenvalue weighted by molar-refractivity contribution is -0.136. The largest absolute Gasteiger partial charge is 0.338 e.